The van der Waals surface area contributed by atoms with Crippen molar-refractivity contribution in [2.45, 2.75) is 170 Å². The van der Waals surface area contributed by atoms with Gasteiger partial charge in [0.1, 0.15) is 40.2 Å². The fourth-order valence-corrected chi connectivity index (χ4v) is 14.2. The molecule has 628 valence electrons. The molecule has 0 radical (unpaired) electrons. The Labute approximate surface area is 682 Å². The number of aromatic carboxylic acids is 2. The molecule has 15 rings (SSSR count). The van der Waals surface area contributed by atoms with Crippen molar-refractivity contribution in [3.63, 3.8) is 0 Å². The highest BCUT2D eigenvalue weighted by atomic mass is 19.4. The molecule has 29 nitrogen and oxygen atoms in total. The van der Waals surface area contributed by atoms with Crippen LogP contribution in [0.2, 0.25) is 0 Å². The van der Waals surface area contributed by atoms with Crippen LogP contribution in [0.25, 0.3) is 0 Å². The maximum atomic E-state index is 12.5. The molecule has 5 aliphatic heterocycles. The lowest BCUT2D eigenvalue weighted by atomic mass is 10.0. The summed E-state index contributed by atoms with van der Waals surface area (Å²) < 4.78 is 68.3. The highest BCUT2D eigenvalue weighted by Crippen LogP contribution is 2.40. The summed E-state index contributed by atoms with van der Waals surface area (Å²) in [6.07, 6.45) is 6.10. The number of phenolic OH excluding ortho intramolecular Hbond substituents is 2. The van der Waals surface area contributed by atoms with Crippen LogP contribution in [-0.2, 0) is 54.7 Å². The first-order valence-corrected chi connectivity index (χ1v) is 39.3. The highest BCUT2D eigenvalue weighted by Gasteiger charge is 2.38. The topological polar surface area (TPSA) is 353 Å². The molecule has 8 heterocycles. The molecule has 0 atom stereocenters. The molecule has 0 fully saturated rings. The number of phenols is 2. The number of hydrogen-bond acceptors (Lipinski definition) is 23. The van der Waals surface area contributed by atoms with Gasteiger partial charge in [-0.2, -0.15) is 13.2 Å². The number of aliphatic carboxylic acids is 1. The zero-order valence-corrected chi connectivity index (χ0v) is 68.1. The molecule has 0 bridgehead atoms. The lowest BCUT2D eigenvalue weighted by molar-refractivity contribution is -0.192. The second-order valence-electron chi connectivity index (χ2n) is 29.5. The monoisotopic (exact) mass is 1630 g/mol. The SMILES string of the molecule is CC(C)N1CCCc2ccc(O)cc21.CC(C)N1CCCc2ccc(Oc3nn[nH]c3C(=O)O)cc21.CCOC(=O)c1nnn(Cc2ccc(OC)cc2)c1Oc1ccc2c(c1)N(C(C)C)CCC2.COc1ccc(Cn2nnc(C(=O)O)c2Oc2ccc3c(c2)N(C(C)C)CCC3)cc1.O=C(O)C(F)(F)F.Oc1ccc2c(c1)NCCC2. The van der Waals surface area contributed by atoms with Gasteiger partial charge in [0.25, 0.3) is 17.6 Å². The number of esters is 1. The molecule has 0 amide bonds. The van der Waals surface area contributed by atoms with E-state index in [1.807, 2.05) is 109 Å². The fourth-order valence-electron chi connectivity index (χ4n) is 14.2. The molecule has 32 heteroatoms. The van der Waals surface area contributed by atoms with E-state index in [1.165, 1.54) is 56.7 Å². The van der Waals surface area contributed by atoms with Crippen molar-refractivity contribution in [3.8, 4) is 57.9 Å². The van der Waals surface area contributed by atoms with E-state index in [0.29, 0.717) is 66.0 Å². The summed E-state index contributed by atoms with van der Waals surface area (Å²) in [4.78, 5) is 53.6. The number of nitrogens with zero attached hydrogens (tertiary/aromatic N) is 12. The van der Waals surface area contributed by atoms with E-state index in [1.54, 1.807) is 44.0 Å². The smallest absolute Gasteiger partial charge is 0.490 e. The molecule has 10 aromatic rings. The van der Waals surface area contributed by atoms with E-state index in [2.05, 4.69) is 128 Å². The number of hydrogen-bond donors (Lipinski definition) is 7. The summed E-state index contributed by atoms with van der Waals surface area (Å²) in [5.74, 6) is -1.33. The summed E-state index contributed by atoms with van der Waals surface area (Å²) in [6, 6.07) is 45.8. The van der Waals surface area contributed by atoms with Crippen molar-refractivity contribution in [1.29, 1.82) is 0 Å². The summed E-state index contributed by atoms with van der Waals surface area (Å²) in [6.45, 7) is 25.3. The first-order valence-electron chi connectivity index (χ1n) is 39.3. The Bertz CT molecular complexity index is 5030. The number of aromatic hydroxyl groups is 2. The van der Waals surface area contributed by atoms with Gasteiger partial charge in [0.15, 0.2) is 0 Å². The number of carboxylic acid groups (broad SMARTS) is 3. The van der Waals surface area contributed by atoms with Gasteiger partial charge < -0.3 is 78.9 Å². The number of methoxy groups -OCH3 is 2. The predicted octanol–water partition coefficient (Wildman–Crippen LogP) is 15.8. The zero-order chi connectivity index (χ0) is 84.9. The number of carboxylic acids is 3. The van der Waals surface area contributed by atoms with Crippen molar-refractivity contribution in [3.05, 3.63) is 196 Å². The molecule has 3 aromatic heterocycles. The number of alkyl halides is 3. The molecule has 5 aliphatic rings. The van der Waals surface area contributed by atoms with Crippen molar-refractivity contribution in [2.75, 3.05) is 78.5 Å². The van der Waals surface area contributed by atoms with Crippen LogP contribution in [0.15, 0.2) is 140 Å². The molecule has 0 saturated heterocycles. The minimum atomic E-state index is -5.08. The third-order valence-electron chi connectivity index (χ3n) is 20.0. The van der Waals surface area contributed by atoms with Crippen molar-refractivity contribution in [1.82, 2.24) is 45.4 Å². The van der Waals surface area contributed by atoms with Crippen LogP contribution in [0.3, 0.4) is 0 Å². The van der Waals surface area contributed by atoms with Gasteiger partial charge in [0, 0.05) is 116 Å². The Kier molecular flexibility index (Phi) is 30.2. The summed E-state index contributed by atoms with van der Waals surface area (Å²) in [7, 11) is 3.24. The molecule has 0 saturated carbocycles. The molecule has 7 N–H and O–H groups in total. The number of aryl methyl sites for hydroxylation is 5. The van der Waals surface area contributed by atoms with Crippen LogP contribution in [0.5, 0.6) is 57.9 Å². The summed E-state index contributed by atoms with van der Waals surface area (Å²) in [5.41, 5.74) is 13.9. The Hall–Kier alpha value is -12.8. The van der Waals surface area contributed by atoms with Gasteiger partial charge in [-0.3, -0.25) is 0 Å². The van der Waals surface area contributed by atoms with Gasteiger partial charge in [0.05, 0.1) is 33.9 Å². The van der Waals surface area contributed by atoms with Crippen LogP contribution in [-0.4, -0.2) is 179 Å². The molecular weight excluding hydrogens is 1530 g/mol. The maximum absolute atomic E-state index is 12.5. The van der Waals surface area contributed by atoms with Gasteiger partial charge in [-0.1, -0.05) is 75.3 Å². The third-order valence-corrected chi connectivity index (χ3v) is 20.0. The van der Waals surface area contributed by atoms with Crippen LogP contribution >= 0.6 is 0 Å². The summed E-state index contributed by atoms with van der Waals surface area (Å²) in [5, 5.41) is 73.2. The number of ether oxygens (including phenoxy) is 6. The molecule has 0 spiro atoms. The number of rotatable bonds is 20. The van der Waals surface area contributed by atoms with Gasteiger partial charge in [-0.15, -0.1) is 10.2 Å². The van der Waals surface area contributed by atoms with Gasteiger partial charge >= 0.3 is 30.1 Å². The first-order chi connectivity index (χ1) is 56.5. The minimum Gasteiger partial charge on any atom is -0.508 e. The number of nitrogens with one attached hydrogen (secondary N) is 2. The number of benzene rings is 7. The number of anilines is 5. The second-order valence-corrected chi connectivity index (χ2v) is 29.5. The van der Waals surface area contributed by atoms with Gasteiger partial charge in [-0.05, 0) is 220 Å². The Balaban J connectivity index is 0.000000159. The number of aromatic amines is 1. The van der Waals surface area contributed by atoms with Crippen molar-refractivity contribution in [2.24, 2.45) is 0 Å². The number of H-pyrrole nitrogens is 1. The number of aromatic nitrogens is 9. The maximum Gasteiger partial charge on any atom is 0.490 e. The average Bonchev–Trinajstić information content (AvgIpc) is 1.13. The molecule has 0 aliphatic carbocycles. The van der Waals surface area contributed by atoms with Crippen LogP contribution in [0.4, 0.5) is 41.6 Å². The van der Waals surface area contributed by atoms with Crippen molar-refractivity contribution < 1.29 is 86.3 Å². The summed E-state index contributed by atoms with van der Waals surface area (Å²) >= 11 is 0. The largest absolute Gasteiger partial charge is 0.508 e. The minimum absolute atomic E-state index is 0.0284. The fraction of sp³-hybridized carbons (Fsp3) is 0.395. The van der Waals surface area contributed by atoms with E-state index in [0.717, 1.165) is 124 Å². The number of carbonyl (C=O) groups is 4. The van der Waals surface area contributed by atoms with Gasteiger partial charge in [0.2, 0.25) is 17.1 Å². The molecule has 7 aromatic carbocycles. The molecular formula is C86H103F3N14O15. The molecule has 118 heavy (non-hydrogen) atoms. The Morgan fingerprint density at radius 1 is 0.466 bits per heavy atom. The Morgan fingerprint density at radius 2 is 0.839 bits per heavy atom. The van der Waals surface area contributed by atoms with E-state index < -0.39 is 30.1 Å². The first kappa shape index (κ1) is 87.6. The lowest BCUT2D eigenvalue weighted by Gasteiger charge is -2.34. The van der Waals surface area contributed by atoms with E-state index >= 15 is 0 Å². The van der Waals surface area contributed by atoms with E-state index in [4.69, 9.17) is 48.5 Å². The Morgan fingerprint density at radius 3 is 1.24 bits per heavy atom. The normalized spacial score (nSPS) is 13.7. The van der Waals surface area contributed by atoms with Crippen molar-refractivity contribution >= 4 is 52.3 Å². The third kappa shape index (κ3) is 23.1. The second kappa shape index (κ2) is 40.7. The van der Waals surface area contributed by atoms with E-state index in [9.17, 15) is 37.8 Å². The average molecular weight is 1630 g/mol. The van der Waals surface area contributed by atoms with Crippen LogP contribution < -0.4 is 48.6 Å². The van der Waals surface area contributed by atoms with Crippen LogP contribution in [0, 0.1) is 0 Å². The number of fused-ring (bicyclic) bond motifs is 5. The number of halogens is 3. The van der Waals surface area contributed by atoms with E-state index in [-0.39, 0.29) is 41.3 Å². The predicted molar refractivity (Wildman–Crippen MR) is 440 cm³/mol. The lowest BCUT2D eigenvalue weighted by Crippen LogP contribution is -2.35. The quantitative estimate of drug-likeness (QED) is 0.0349. The standard InChI is InChI=1S/C25H30N4O4.C23H26N4O4.C15H18N4O3.C12H17NO.C9H11NO.C2HF3O2/c1-5-32-25(30)23-24(29(27-26-23)16-18-8-11-20(31-4)12-9-18)33-21-13-10-19-7-6-14-28(17(2)3)22(19)15-21;1-15(2)26-12-4-5-17-8-11-19(13-20(17)26)31-22-21(23(28)29)24-25-27(22)14-16-6-9-18(30-3)10-7-16;1-9(2)19-7-3-4-10-5-6-11(8-12(10)19)22-14-13(15(20)21)16-18-17-14;1-9(2)13-7-3-4-10-5-6-11(14)8-12(10)13;11-8-4-3-7-2-1-5-10-9(7)6-8;3-2(4,5)1(6)7/h8-13,15,17H,5-7,14,16H2,1-4H3;6-11,13,15H,4-5,12,14H2,1-3H3,(H,28,29);5-6,8-9H,3-4,7H2,1-2H3,(H,20,21)(H,16,17,18);5-6,8-9,14H,3-4,7H2,1-2H3;3-4,6,10-11H,1-2,5H2;(H,6,7). The highest BCUT2D eigenvalue weighted by molar-refractivity contribution is 5.90. The zero-order valence-electron chi connectivity index (χ0n) is 68.1. The van der Waals surface area contributed by atoms with Crippen LogP contribution in [0.1, 0.15) is 165 Å². The number of carbonyl (C=O) groups excluding carboxylic acids is 1. The van der Waals surface area contributed by atoms with Gasteiger partial charge in [-0.25, -0.2) is 33.6 Å². The molecule has 0 unspecified atom stereocenters.